The van der Waals surface area contributed by atoms with E-state index in [9.17, 15) is 4.79 Å². The zero-order chi connectivity index (χ0) is 9.19. The van der Waals surface area contributed by atoms with Crippen LogP contribution in [-0.2, 0) is 9.53 Å². The molecule has 2 N–H and O–H groups in total. The van der Waals surface area contributed by atoms with Crippen molar-refractivity contribution in [2.24, 2.45) is 11.1 Å². The molecule has 0 aliphatic heterocycles. The maximum Gasteiger partial charge on any atom is 0.307 e. The van der Waals surface area contributed by atoms with Crippen LogP contribution in [0, 0.1) is 5.41 Å². The summed E-state index contributed by atoms with van der Waals surface area (Å²) in [6.45, 7) is 4.38. The number of ether oxygens (including phenoxy) is 1. The van der Waals surface area contributed by atoms with Crippen LogP contribution in [0.1, 0.15) is 33.1 Å². The van der Waals surface area contributed by atoms with Crippen LogP contribution < -0.4 is 5.73 Å². The lowest BCUT2D eigenvalue weighted by molar-refractivity contribution is -0.143. The first-order chi connectivity index (χ1) is 5.58. The second-order valence-corrected chi connectivity index (χ2v) is 3.77. The van der Waals surface area contributed by atoms with Gasteiger partial charge in [-0.3, -0.25) is 4.79 Å². The second kappa shape index (κ2) is 3.44. The van der Waals surface area contributed by atoms with Crippen LogP contribution in [0.25, 0.3) is 0 Å². The topological polar surface area (TPSA) is 52.3 Å². The predicted molar refractivity (Wildman–Crippen MR) is 46.6 cm³/mol. The SMILES string of the molecule is CCOC(=O)CC(N)C1(C)CC1. The van der Waals surface area contributed by atoms with E-state index in [4.69, 9.17) is 10.5 Å². The number of nitrogens with two attached hydrogens (primary N) is 1. The Morgan fingerprint density at radius 2 is 2.25 bits per heavy atom. The van der Waals surface area contributed by atoms with Crippen molar-refractivity contribution in [1.82, 2.24) is 0 Å². The molecule has 0 bridgehead atoms. The van der Waals surface area contributed by atoms with Crippen LogP contribution in [0.15, 0.2) is 0 Å². The molecule has 0 aromatic carbocycles. The van der Waals surface area contributed by atoms with E-state index in [1.807, 2.05) is 6.92 Å². The van der Waals surface area contributed by atoms with Crippen molar-refractivity contribution < 1.29 is 9.53 Å². The van der Waals surface area contributed by atoms with Gasteiger partial charge in [-0.2, -0.15) is 0 Å². The highest BCUT2D eigenvalue weighted by molar-refractivity contribution is 5.70. The van der Waals surface area contributed by atoms with Crippen LogP contribution in [0.4, 0.5) is 0 Å². The Kier molecular flexibility index (Phi) is 2.73. The van der Waals surface area contributed by atoms with Crippen molar-refractivity contribution in [2.75, 3.05) is 6.61 Å². The lowest BCUT2D eigenvalue weighted by Crippen LogP contribution is -2.32. The van der Waals surface area contributed by atoms with Crippen LogP contribution in [0.2, 0.25) is 0 Å². The Bertz CT molecular complexity index is 175. The summed E-state index contributed by atoms with van der Waals surface area (Å²) in [7, 11) is 0. The first kappa shape index (κ1) is 9.52. The van der Waals surface area contributed by atoms with E-state index >= 15 is 0 Å². The second-order valence-electron chi connectivity index (χ2n) is 3.77. The molecule has 1 atom stereocenters. The minimum Gasteiger partial charge on any atom is -0.466 e. The Morgan fingerprint density at radius 1 is 1.67 bits per heavy atom. The Morgan fingerprint density at radius 3 is 2.67 bits per heavy atom. The summed E-state index contributed by atoms with van der Waals surface area (Å²) in [5.41, 5.74) is 6.06. The molecule has 1 aliphatic carbocycles. The van der Waals surface area contributed by atoms with Gasteiger partial charge in [0.05, 0.1) is 13.0 Å². The number of carbonyl (C=O) groups excluding carboxylic acids is 1. The largest absolute Gasteiger partial charge is 0.466 e. The molecule has 0 amide bonds. The van der Waals surface area contributed by atoms with Crippen molar-refractivity contribution in [2.45, 2.75) is 39.2 Å². The highest BCUT2D eigenvalue weighted by Crippen LogP contribution is 2.48. The molecular weight excluding hydrogens is 154 g/mol. The van der Waals surface area contributed by atoms with Gasteiger partial charge in [-0.25, -0.2) is 0 Å². The van der Waals surface area contributed by atoms with Gasteiger partial charge in [-0.05, 0) is 25.2 Å². The van der Waals surface area contributed by atoms with Gasteiger partial charge in [-0.15, -0.1) is 0 Å². The van der Waals surface area contributed by atoms with Gasteiger partial charge in [0.25, 0.3) is 0 Å². The summed E-state index contributed by atoms with van der Waals surface area (Å²) in [5, 5.41) is 0. The molecule has 1 aliphatic rings. The van der Waals surface area contributed by atoms with E-state index in [0.717, 1.165) is 12.8 Å². The average Bonchev–Trinajstić information content (AvgIpc) is 2.69. The lowest BCUT2D eigenvalue weighted by Gasteiger charge is -2.17. The Labute approximate surface area is 73.3 Å². The van der Waals surface area contributed by atoms with Crippen LogP contribution in [0.5, 0.6) is 0 Å². The van der Waals surface area contributed by atoms with Gasteiger partial charge in [-0.1, -0.05) is 6.92 Å². The molecule has 1 unspecified atom stereocenters. The monoisotopic (exact) mass is 171 g/mol. The summed E-state index contributed by atoms with van der Waals surface area (Å²) < 4.78 is 4.82. The molecule has 1 saturated carbocycles. The van der Waals surface area contributed by atoms with E-state index in [2.05, 4.69) is 6.92 Å². The molecule has 70 valence electrons. The number of esters is 1. The highest BCUT2D eigenvalue weighted by Gasteiger charge is 2.43. The number of hydrogen-bond donors (Lipinski definition) is 1. The van der Waals surface area contributed by atoms with Crippen LogP contribution in [0.3, 0.4) is 0 Å². The molecule has 0 aromatic heterocycles. The van der Waals surface area contributed by atoms with Gasteiger partial charge >= 0.3 is 5.97 Å². The van der Waals surface area contributed by atoms with Gasteiger partial charge in [0, 0.05) is 6.04 Å². The maximum absolute atomic E-state index is 11.0. The molecule has 12 heavy (non-hydrogen) atoms. The zero-order valence-corrected chi connectivity index (χ0v) is 7.80. The van der Waals surface area contributed by atoms with Gasteiger partial charge in [0.2, 0.25) is 0 Å². The fourth-order valence-corrected chi connectivity index (χ4v) is 1.21. The molecule has 0 heterocycles. The minimum absolute atomic E-state index is 0.0171. The molecule has 1 rings (SSSR count). The summed E-state index contributed by atoms with van der Waals surface area (Å²) >= 11 is 0. The fraction of sp³-hybridized carbons (Fsp3) is 0.889. The van der Waals surface area contributed by atoms with Gasteiger partial charge < -0.3 is 10.5 Å². The highest BCUT2D eigenvalue weighted by atomic mass is 16.5. The van der Waals surface area contributed by atoms with E-state index in [-0.39, 0.29) is 17.4 Å². The molecule has 3 nitrogen and oxygen atoms in total. The lowest BCUT2D eigenvalue weighted by atomic mass is 9.97. The normalized spacial score (nSPS) is 21.6. The van der Waals surface area contributed by atoms with E-state index in [0.29, 0.717) is 13.0 Å². The van der Waals surface area contributed by atoms with Gasteiger partial charge in [0.1, 0.15) is 0 Å². The first-order valence-corrected chi connectivity index (χ1v) is 4.49. The average molecular weight is 171 g/mol. The molecular formula is C9H17NO2. The van der Waals surface area contributed by atoms with E-state index in [1.54, 1.807) is 0 Å². The van der Waals surface area contributed by atoms with Crippen molar-refractivity contribution in [3.8, 4) is 0 Å². The summed E-state index contributed by atoms with van der Waals surface area (Å²) in [5.74, 6) is -0.168. The quantitative estimate of drug-likeness (QED) is 0.644. The third-order valence-electron chi connectivity index (χ3n) is 2.63. The van der Waals surface area contributed by atoms with Crippen LogP contribution in [-0.4, -0.2) is 18.6 Å². The van der Waals surface area contributed by atoms with Crippen molar-refractivity contribution >= 4 is 5.97 Å². The Hall–Kier alpha value is -0.570. The summed E-state index contributed by atoms with van der Waals surface area (Å²) in [6, 6.07) is -0.0171. The van der Waals surface area contributed by atoms with Crippen LogP contribution >= 0.6 is 0 Å². The number of rotatable bonds is 4. The number of carbonyl (C=O) groups is 1. The Balaban J connectivity index is 2.26. The molecule has 0 radical (unpaired) electrons. The molecule has 0 spiro atoms. The fourth-order valence-electron chi connectivity index (χ4n) is 1.21. The molecule has 0 aromatic rings. The van der Waals surface area contributed by atoms with Crippen molar-refractivity contribution in [3.63, 3.8) is 0 Å². The standard InChI is InChI=1S/C9H17NO2/c1-3-12-8(11)6-7(10)9(2)4-5-9/h7H,3-6,10H2,1-2H3. The molecule has 1 fully saturated rings. The number of hydrogen-bond acceptors (Lipinski definition) is 3. The zero-order valence-electron chi connectivity index (χ0n) is 7.80. The third kappa shape index (κ3) is 2.21. The van der Waals surface area contributed by atoms with E-state index < -0.39 is 0 Å². The van der Waals surface area contributed by atoms with Gasteiger partial charge in [0.15, 0.2) is 0 Å². The maximum atomic E-state index is 11.0. The predicted octanol–water partition coefficient (Wildman–Crippen LogP) is 1.07. The molecule has 3 heteroatoms. The smallest absolute Gasteiger partial charge is 0.307 e. The minimum atomic E-state index is -0.168. The van der Waals surface area contributed by atoms with Crippen molar-refractivity contribution in [3.05, 3.63) is 0 Å². The third-order valence-corrected chi connectivity index (χ3v) is 2.63. The summed E-state index contributed by atoms with van der Waals surface area (Å²) in [6.07, 6.45) is 2.66. The summed E-state index contributed by atoms with van der Waals surface area (Å²) in [4.78, 5) is 11.0. The van der Waals surface area contributed by atoms with E-state index in [1.165, 1.54) is 0 Å². The molecule has 0 saturated heterocycles. The first-order valence-electron chi connectivity index (χ1n) is 4.49. The van der Waals surface area contributed by atoms with Crippen molar-refractivity contribution in [1.29, 1.82) is 0 Å².